The Morgan fingerprint density at radius 1 is 0.393 bits per heavy atom. The van der Waals surface area contributed by atoms with E-state index in [1.807, 2.05) is 0 Å². The summed E-state index contributed by atoms with van der Waals surface area (Å²) in [6, 6.07) is 0. The molecule has 0 radical (unpaired) electrons. The van der Waals surface area contributed by atoms with Gasteiger partial charge in [0, 0.05) is 0 Å². The first kappa shape index (κ1) is 26.0. The summed E-state index contributed by atoms with van der Waals surface area (Å²) in [5.41, 5.74) is 11.9. The van der Waals surface area contributed by atoms with Gasteiger partial charge in [-0.3, -0.25) is 0 Å². The highest BCUT2D eigenvalue weighted by Gasteiger charge is 2.30. The summed E-state index contributed by atoms with van der Waals surface area (Å²) in [6.07, 6.45) is 33.1. The molecule has 0 aromatic rings. The van der Waals surface area contributed by atoms with Crippen molar-refractivity contribution in [3.8, 4) is 0 Å². The van der Waals surface area contributed by atoms with Crippen LogP contribution < -0.4 is 11.5 Å². The van der Waals surface area contributed by atoms with Crippen LogP contribution >= 0.6 is 0 Å². The molecule has 1 aliphatic carbocycles. The van der Waals surface area contributed by atoms with E-state index in [-0.39, 0.29) is 0 Å². The third-order valence-corrected chi connectivity index (χ3v) is 7.24. The molecule has 0 aromatic carbocycles. The molecule has 1 saturated carbocycles. The minimum Gasteiger partial charge on any atom is -0.330 e. The zero-order chi connectivity index (χ0) is 20.2. The van der Waals surface area contributed by atoms with Crippen LogP contribution in [0, 0.1) is 5.41 Å². The average molecular weight is 395 g/mol. The summed E-state index contributed by atoms with van der Waals surface area (Å²) in [5, 5.41) is 0. The minimum atomic E-state index is 0.737. The predicted octanol–water partition coefficient (Wildman–Crippen LogP) is 7.88. The molecule has 168 valence electrons. The van der Waals surface area contributed by atoms with Gasteiger partial charge in [0.1, 0.15) is 0 Å². The molecule has 0 unspecified atom stereocenters. The summed E-state index contributed by atoms with van der Waals surface area (Å²) >= 11 is 0. The van der Waals surface area contributed by atoms with Gasteiger partial charge in [0.15, 0.2) is 0 Å². The molecule has 0 spiro atoms. The van der Waals surface area contributed by atoms with Crippen molar-refractivity contribution in [3.63, 3.8) is 0 Å². The molecule has 28 heavy (non-hydrogen) atoms. The standard InChI is InChI=1S/C26H54N2/c27-24-18-11-7-3-1-5-9-14-20-26(22-16-13-17-23-26)21-15-10-6-2-4-8-12-19-25-28/h1-25,27-28H2. The third kappa shape index (κ3) is 14.0. The Morgan fingerprint density at radius 2 is 0.714 bits per heavy atom. The van der Waals surface area contributed by atoms with Crippen LogP contribution in [0.3, 0.4) is 0 Å². The highest BCUT2D eigenvalue weighted by atomic mass is 14.5. The zero-order valence-corrected chi connectivity index (χ0v) is 19.3. The highest BCUT2D eigenvalue weighted by molar-refractivity contribution is 4.83. The van der Waals surface area contributed by atoms with Crippen LogP contribution in [0.4, 0.5) is 0 Å². The molecule has 0 saturated heterocycles. The average Bonchev–Trinajstić information content (AvgIpc) is 2.72. The van der Waals surface area contributed by atoms with E-state index >= 15 is 0 Å². The summed E-state index contributed by atoms with van der Waals surface area (Å²) in [5.74, 6) is 0. The summed E-state index contributed by atoms with van der Waals surface area (Å²) < 4.78 is 0. The van der Waals surface area contributed by atoms with Crippen LogP contribution in [0.1, 0.15) is 148 Å². The lowest BCUT2D eigenvalue weighted by Crippen LogP contribution is -2.24. The van der Waals surface area contributed by atoms with Gasteiger partial charge in [-0.1, -0.05) is 109 Å². The number of hydrogen-bond donors (Lipinski definition) is 2. The fourth-order valence-corrected chi connectivity index (χ4v) is 5.34. The van der Waals surface area contributed by atoms with E-state index in [1.165, 1.54) is 148 Å². The quantitative estimate of drug-likeness (QED) is 0.206. The Hall–Kier alpha value is -0.0800. The molecule has 1 fully saturated rings. The smallest absolute Gasteiger partial charge is 0.00773 e. The Bertz CT molecular complexity index is 286. The van der Waals surface area contributed by atoms with E-state index in [4.69, 9.17) is 11.5 Å². The van der Waals surface area contributed by atoms with Crippen LogP contribution in [0.2, 0.25) is 0 Å². The maximum absolute atomic E-state index is 5.57. The van der Waals surface area contributed by atoms with Gasteiger partial charge in [-0.05, 0) is 57.0 Å². The summed E-state index contributed by atoms with van der Waals surface area (Å²) in [4.78, 5) is 0. The van der Waals surface area contributed by atoms with Crippen LogP contribution in [0.15, 0.2) is 0 Å². The molecule has 0 amide bonds. The van der Waals surface area contributed by atoms with Gasteiger partial charge in [0.05, 0.1) is 0 Å². The van der Waals surface area contributed by atoms with Crippen LogP contribution in [-0.2, 0) is 0 Å². The topological polar surface area (TPSA) is 52.0 Å². The van der Waals surface area contributed by atoms with Crippen molar-refractivity contribution in [2.75, 3.05) is 13.1 Å². The molecule has 0 aliphatic heterocycles. The van der Waals surface area contributed by atoms with Gasteiger partial charge in [0.2, 0.25) is 0 Å². The monoisotopic (exact) mass is 394 g/mol. The van der Waals surface area contributed by atoms with E-state index < -0.39 is 0 Å². The first-order chi connectivity index (χ1) is 13.8. The molecule has 0 atom stereocenters. The van der Waals surface area contributed by atoms with Crippen LogP contribution in [0.5, 0.6) is 0 Å². The molecule has 0 bridgehead atoms. The first-order valence-corrected chi connectivity index (χ1v) is 13.2. The lowest BCUT2D eigenvalue weighted by Gasteiger charge is -2.38. The molecule has 1 rings (SSSR count). The molecule has 2 nitrogen and oxygen atoms in total. The van der Waals surface area contributed by atoms with E-state index in [0.717, 1.165) is 18.5 Å². The van der Waals surface area contributed by atoms with Gasteiger partial charge in [-0.15, -0.1) is 0 Å². The SMILES string of the molecule is NCCCCCCCCCCC1(CCCCCCCCCCN)CCCCC1. The van der Waals surface area contributed by atoms with E-state index in [1.54, 1.807) is 0 Å². The number of rotatable bonds is 20. The van der Waals surface area contributed by atoms with Crippen molar-refractivity contribution >= 4 is 0 Å². The van der Waals surface area contributed by atoms with E-state index in [2.05, 4.69) is 0 Å². The van der Waals surface area contributed by atoms with Gasteiger partial charge in [-0.2, -0.15) is 0 Å². The Balaban J connectivity index is 2.05. The van der Waals surface area contributed by atoms with Crippen LogP contribution in [-0.4, -0.2) is 13.1 Å². The fraction of sp³-hybridized carbons (Fsp3) is 1.00. The fourth-order valence-electron chi connectivity index (χ4n) is 5.34. The van der Waals surface area contributed by atoms with Gasteiger partial charge < -0.3 is 11.5 Å². The van der Waals surface area contributed by atoms with Gasteiger partial charge >= 0.3 is 0 Å². The first-order valence-electron chi connectivity index (χ1n) is 13.2. The molecule has 2 heteroatoms. The molecule has 0 aromatic heterocycles. The van der Waals surface area contributed by atoms with Crippen molar-refractivity contribution in [2.24, 2.45) is 16.9 Å². The molecule has 0 heterocycles. The van der Waals surface area contributed by atoms with Crippen LogP contribution in [0.25, 0.3) is 0 Å². The lowest BCUT2D eigenvalue weighted by atomic mass is 9.68. The van der Waals surface area contributed by atoms with Gasteiger partial charge in [-0.25, -0.2) is 0 Å². The zero-order valence-electron chi connectivity index (χ0n) is 19.3. The Labute approximate surface area is 178 Å². The Kier molecular flexibility index (Phi) is 17.5. The predicted molar refractivity (Wildman–Crippen MR) is 127 cm³/mol. The second kappa shape index (κ2) is 18.9. The number of unbranched alkanes of at least 4 members (excludes halogenated alkanes) is 14. The summed E-state index contributed by atoms with van der Waals surface area (Å²) in [7, 11) is 0. The normalized spacial score (nSPS) is 16.5. The number of hydrogen-bond acceptors (Lipinski definition) is 2. The highest BCUT2D eigenvalue weighted by Crippen LogP contribution is 2.44. The Morgan fingerprint density at radius 3 is 1.07 bits per heavy atom. The maximum atomic E-state index is 5.57. The molecule has 1 aliphatic rings. The number of nitrogens with two attached hydrogens (primary N) is 2. The second-order valence-corrected chi connectivity index (χ2v) is 9.79. The molecule has 4 N–H and O–H groups in total. The summed E-state index contributed by atoms with van der Waals surface area (Å²) in [6.45, 7) is 1.74. The largest absolute Gasteiger partial charge is 0.330 e. The lowest BCUT2D eigenvalue weighted by molar-refractivity contribution is 0.146. The van der Waals surface area contributed by atoms with Crippen molar-refractivity contribution < 1.29 is 0 Å². The van der Waals surface area contributed by atoms with Gasteiger partial charge in [0.25, 0.3) is 0 Å². The minimum absolute atomic E-state index is 0.737. The van der Waals surface area contributed by atoms with E-state index in [9.17, 15) is 0 Å². The van der Waals surface area contributed by atoms with E-state index in [0.29, 0.717) is 0 Å². The maximum Gasteiger partial charge on any atom is -0.00773 e. The van der Waals surface area contributed by atoms with Crippen molar-refractivity contribution in [2.45, 2.75) is 148 Å². The third-order valence-electron chi connectivity index (χ3n) is 7.24. The van der Waals surface area contributed by atoms with Crippen molar-refractivity contribution in [3.05, 3.63) is 0 Å². The van der Waals surface area contributed by atoms with Crippen molar-refractivity contribution in [1.82, 2.24) is 0 Å². The second-order valence-electron chi connectivity index (χ2n) is 9.79. The molecular formula is C26H54N2. The van der Waals surface area contributed by atoms with Crippen molar-refractivity contribution in [1.29, 1.82) is 0 Å². The molecular weight excluding hydrogens is 340 g/mol.